The molecule has 0 aliphatic carbocycles. The van der Waals surface area contributed by atoms with Crippen molar-refractivity contribution < 1.29 is 0 Å². The van der Waals surface area contributed by atoms with Crippen molar-refractivity contribution in [1.82, 2.24) is 9.97 Å². The maximum atomic E-state index is 5.57. The van der Waals surface area contributed by atoms with Gasteiger partial charge < -0.3 is 10.7 Å². The first kappa shape index (κ1) is 7.76. The Labute approximate surface area is 74.6 Å². The third-order valence-electron chi connectivity index (χ3n) is 1.97. The third-order valence-corrected chi connectivity index (χ3v) is 3.25. The normalized spacial score (nSPS) is 13.8. The molecule has 3 N–H and O–H groups in total. The number of nitrogens with one attached hydrogen (secondary N) is 1. The van der Waals surface area contributed by atoms with E-state index in [1.54, 1.807) is 17.7 Å². The molecule has 2 aromatic rings. The molecule has 2 aromatic heterocycles. The van der Waals surface area contributed by atoms with E-state index in [-0.39, 0.29) is 0 Å². The Morgan fingerprint density at radius 2 is 2.58 bits per heavy atom. The highest BCUT2D eigenvalue weighted by molar-refractivity contribution is 7.18. The summed E-state index contributed by atoms with van der Waals surface area (Å²) in [6.45, 7) is 2.83. The quantitative estimate of drug-likeness (QED) is 0.740. The standard InChI is InChI=1S/C8H11N3S/c1-5(3-9)7-2-6-8(12-7)11-4-10-6/h2,4-5H,3,9H2,1H3,(H,10,11). The summed E-state index contributed by atoms with van der Waals surface area (Å²) in [5, 5.41) is 0. The average Bonchev–Trinajstić information content (AvgIpc) is 2.60. The first-order valence-electron chi connectivity index (χ1n) is 3.94. The van der Waals surface area contributed by atoms with E-state index in [9.17, 15) is 0 Å². The monoisotopic (exact) mass is 181 g/mol. The van der Waals surface area contributed by atoms with Gasteiger partial charge in [-0.15, -0.1) is 11.3 Å². The van der Waals surface area contributed by atoms with E-state index >= 15 is 0 Å². The molecule has 2 heterocycles. The van der Waals surface area contributed by atoms with E-state index < -0.39 is 0 Å². The number of thiophene rings is 1. The van der Waals surface area contributed by atoms with E-state index in [0.29, 0.717) is 12.5 Å². The number of fused-ring (bicyclic) bond motifs is 1. The summed E-state index contributed by atoms with van der Waals surface area (Å²) in [5.74, 6) is 0.442. The second-order valence-corrected chi connectivity index (χ2v) is 3.97. The van der Waals surface area contributed by atoms with Crippen molar-refractivity contribution >= 4 is 21.7 Å². The van der Waals surface area contributed by atoms with Gasteiger partial charge in [0.25, 0.3) is 0 Å². The summed E-state index contributed by atoms with van der Waals surface area (Å²) in [7, 11) is 0. The number of hydrogen-bond acceptors (Lipinski definition) is 3. The van der Waals surface area contributed by atoms with Gasteiger partial charge in [0.1, 0.15) is 4.83 Å². The summed E-state index contributed by atoms with van der Waals surface area (Å²) in [5.41, 5.74) is 6.69. The number of aromatic amines is 1. The SMILES string of the molecule is CC(CN)c1cc2[nH]cnc2s1. The molecule has 0 amide bonds. The van der Waals surface area contributed by atoms with Crippen LogP contribution in [0, 0.1) is 0 Å². The second-order valence-electron chi connectivity index (χ2n) is 2.91. The number of nitrogens with two attached hydrogens (primary N) is 1. The number of rotatable bonds is 2. The fourth-order valence-electron chi connectivity index (χ4n) is 1.12. The summed E-state index contributed by atoms with van der Waals surface area (Å²) in [6.07, 6.45) is 1.72. The molecule has 0 radical (unpaired) electrons. The van der Waals surface area contributed by atoms with Gasteiger partial charge in [0.05, 0.1) is 11.8 Å². The van der Waals surface area contributed by atoms with Crippen LogP contribution in [0.15, 0.2) is 12.4 Å². The van der Waals surface area contributed by atoms with Crippen molar-refractivity contribution in [1.29, 1.82) is 0 Å². The van der Waals surface area contributed by atoms with Crippen LogP contribution in [0.4, 0.5) is 0 Å². The number of aromatic nitrogens is 2. The minimum atomic E-state index is 0.442. The van der Waals surface area contributed by atoms with Crippen LogP contribution in [0.5, 0.6) is 0 Å². The van der Waals surface area contributed by atoms with E-state index in [2.05, 4.69) is 23.0 Å². The molecule has 2 rings (SSSR count). The van der Waals surface area contributed by atoms with Crippen molar-refractivity contribution in [3.05, 3.63) is 17.3 Å². The molecule has 1 atom stereocenters. The molecule has 0 aliphatic heterocycles. The fraction of sp³-hybridized carbons (Fsp3) is 0.375. The Morgan fingerprint density at radius 3 is 3.25 bits per heavy atom. The van der Waals surface area contributed by atoms with Gasteiger partial charge in [-0.1, -0.05) is 6.92 Å². The summed E-state index contributed by atoms with van der Waals surface area (Å²) in [6, 6.07) is 2.13. The first-order chi connectivity index (χ1) is 5.81. The second kappa shape index (κ2) is 2.88. The van der Waals surface area contributed by atoms with Gasteiger partial charge in [0.15, 0.2) is 0 Å². The van der Waals surface area contributed by atoms with Crippen LogP contribution in [-0.4, -0.2) is 16.5 Å². The zero-order chi connectivity index (χ0) is 8.55. The van der Waals surface area contributed by atoms with Crippen LogP contribution < -0.4 is 5.73 Å². The van der Waals surface area contributed by atoms with Gasteiger partial charge >= 0.3 is 0 Å². The lowest BCUT2D eigenvalue weighted by atomic mass is 10.1. The van der Waals surface area contributed by atoms with Crippen LogP contribution >= 0.6 is 11.3 Å². The number of nitrogens with zero attached hydrogens (tertiary/aromatic N) is 1. The van der Waals surface area contributed by atoms with Crippen LogP contribution in [0.3, 0.4) is 0 Å². The van der Waals surface area contributed by atoms with Crippen molar-refractivity contribution in [2.24, 2.45) is 5.73 Å². The topological polar surface area (TPSA) is 54.7 Å². The van der Waals surface area contributed by atoms with Crippen LogP contribution in [-0.2, 0) is 0 Å². The lowest BCUT2D eigenvalue weighted by molar-refractivity contribution is 0.790. The molecular formula is C8H11N3S. The number of H-pyrrole nitrogens is 1. The van der Waals surface area contributed by atoms with Crippen LogP contribution in [0.1, 0.15) is 17.7 Å². The Hall–Kier alpha value is -0.870. The van der Waals surface area contributed by atoms with E-state index in [1.807, 2.05) is 0 Å². The van der Waals surface area contributed by atoms with E-state index in [1.165, 1.54) is 4.88 Å². The van der Waals surface area contributed by atoms with Crippen molar-refractivity contribution in [2.75, 3.05) is 6.54 Å². The first-order valence-corrected chi connectivity index (χ1v) is 4.76. The highest BCUT2D eigenvalue weighted by atomic mass is 32.1. The maximum Gasteiger partial charge on any atom is 0.141 e. The Kier molecular flexibility index (Phi) is 1.86. The molecule has 64 valence electrons. The van der Waals surface area contributed by atoms with Gasteiger partial charge in [-0.3, -0.25) is 0 Å². The Balaban J connectivity index is 2.44. The molecule has 3 nitrogen and oxygen atoms in total. The van der Waals surface area contributed by atoms with Gasteiger partial charge in [0, 0.05) is 10.8 Å². The summed E-state index contributed by atoms with van der Waals surface area (Å²) < 4.78 is 0. The van der Waals surface area contributed by atoms with Gasteiger partial charge in [-0.2, -0.15) is 0 Å². The molecule has 0 saturated heterocycles. The molecule has 0 bridgehead atoms. The van der Waals surface area contributed by atoms with Gasteiger partial charge in [0.2, 0.25) is 0 Å². The zero-order valence-electron chi connectivity index (χ0n) is 6.87. The van der Waals surface area contributed by atoms with Crippen molar-refractivity contribution in [3.63, 3.8) is 0 Å². The molecule has 1 unspecified atom stereocenters. The van der Waals surface area contributed by atoms with E-state index in [4.69, 9.17) is 5.73 Å². The molecule has 0 fully saturated rings. The molecular weight excluding hydrogens is 170 g/mol. The predicted octanol–water partition coefficient (Wildman–Crippen LogP) is 1.69. The minimum Gasteiger partial charge on any atom is -0.344 e. The van der Waals surface area contributed by atoms with Crippen molar-refractivity contribution in [2.45, 2.75) is 12.8 Å². The molecule has 0 saturated carbocycles. The summed E-state index contributed by atoms with van der Waals surface area (Å²) >= 11 is 1.71. The predicted molar refractivity (Wildman–Crippen MR) is 51.4 cm³/mol. The summed E-state index contributed by atoms with van der Waals surface area (Å²) in [4.78, 5) is 9.64. The van der Waals surface area contributed by atoms with Gasteiger partial charge in [-0.25, -0.2) is 4.98 Å². The Morgan fingerprint density at radius 1 is 1.75 bits per heavy atom. The van der Waals surface area contributed by atoms with Gasteiger partial charge in [-0.05, 0) is 12.6 Å². The zero-order valence-corrected chi connectivity index (χ0v) is 7.69. The Bertz CT molecular complexity index is 348. The highest BCUT2D eigenvalue weighted by Gasteiger charge is 2.08. The smallest absolute Gasteiger partial charge is 0.141 e. The average molecular weight is 181 g/mol. The molecule has 0 spiro atoms. The van der Waals surface area contributed by atoms with E-state index in [0.717, 1.165) is 10.3 Å². The molecule has 0 aliphatic rings. The minimum absolute atomic E-state index is 0.442. The number of imidazole rings is 1. The third kappa shape index (κ3) is 1.13. The lowest BCUT2D eigenvalue weighted by Crippen LogP contribution is -2.06. The van der Waals surface area contributed by atoms with Crippen molar-refractivity contribution in [3.8, 4) is 0 Å². The lowest BCUT2D eigenvalue weighted by Gasteiger charge is -2.02. The number of hydrogen-bond donors (Lipinski definition) is 2. The fourth-order valence-corrected chi connectivity index (χ4v) is 2.15. The molecule has 12 heavy (non-hydrogen) atoms. The van der Waals surface area contributed by atoms with Crippen LogP contribution in [0.2, 0.25) is 0 Å². The highest BCUT2D eigenvalue weighted by Crippen LogP contribution is 2.27. The molecule has 4 heteroatoms. The van der Waals surface area contributed by atoms with Crippen LogP contribution in [0.25, 0.3) is 10.3 Å². The maximum absolute atomic E-state index is 5.57. The largest absolute Gasteiger partial charge is 0.344 e. The molecule has 0 aromatic carbocycles.